The lowest BCUT2D eigenvalue weighted by Gasteiger charge is -2.49. The third kappa shape index (κ3) is 10.3. The summed E-state index contributed by atoms with van der Waals surface area (Å²) in [4.78, 5) is 69.5. The quantitative estimate of drug-likeness (QED) is 0.0174. The number of thiazole rings is 1. The molecule has 6 aromatic carbocycles. The fourth-order valence-electron chi connectivity index (χ4n) is 9.96. The number of carbonyl (C=O) groups excluding carboxylic acids is 4. The SMILES string of the molecule is CON=C(C(=O)N[C@@H]1C(=O)N2C(C(=O)OCc3ccc(OC)cc3)=C(C[n+]3cc(C(=O)OC(c4ccccc4)c4ccccc4)c(N)n4nccc43)CS[C@@H]12)c1csc(NC(c2ccccc2)(c2ccccc2)c2ccccc2)n1. The van der Waals surface area contributed by atoms with Gasteiger partial charge in [0.1, 0.15) is 60.6 Å². The van der Waals surface area contributed by atoms with Gasteiger partial charge in [-0.1, -0.05) is 179 Å². The first-order valence-electron chi connectivity index (χ1n) is 25.4. The van der Waals surface area contributed by atoms with Crippen LogP contribution in [0.15, 0.2) is 216 Å². The van der Waals surface area contributed by atoms with E-state index >= 15 is 0 Å². The Hall–Kier alpha value is -9.59. The standard InChI is InChI=1S/C61H51N9O8S2/c1-75-46-30-28-39(29-31-46)36-77-59(74)52-42(34-68-35-47(54(62)70-49(68)32-33-63-70)58(73)78-53(40-18-8-3-9-19-40)41-20-10-4-11-21-41)37-79-57-51(56(72)69(52)57)65-55(71)50(67-76-2)48-38-80-60(64-48)66-61(43-22-12-5-13-23-43,44-24-14-6-15-25-44)45-26-16-7-17-27-45/h3-33,35,38,51,53,57,62H,34,36-37H2,1-2H3,(H2,64,65,66,71)/p+1/t51-,57+/m1/s1. The van der Waals surface area contributed by atoms with Gasteiger partial charge in [-0.25, -0.2) is 19.1 Å². The maximum Gasteiger partial charge on any atom is 0.355 e. The highest BCUT2D eigenvalue weighted by atomic mass is 32.2. The molecule has 0 saturated carbocycles. The minimum absolute atomic E-state index is 0.00294. The zero-order chi connectivity index (χ0) is 55.2. The minimum atomic E-state index is -1.09. The number of methoxy groups -OCH3 is 1. The van der Waals surface area contributed by atoms with Crippen molar-refractivity contribution in [3.05, 3.63) is 256 Å². The van der Waals surface area contributed by atoms with Gasteiger partial charge < -0.3 is 35.4 Å². The minimum Gasteiger partial charge on any atom is -0.497 e. The van der Waals surface area contributed by atoms with E-state index in [4.69, 9.17) is 29.8 Å². The highest BCUT2D eigenvalue weighted by Crippen LogP contribution is 2.43. The topological polar surface area (TPSA) is 205 Å². The monoisotopic (exact) mass is 1100 g/mol. The molecule has 2 aliphatic heterocycles. The Kier molecular flexibility index (Phi) is 15.2. The van der Waals surface area contributed by atoms with Crippen LogP contribution in [-0.2, 0) is 47.4 Å². The summed E-state index contributed by atoms with van der Waals surface area (Å²) in [5.74, 6) is -1.89. The first-order valence-corrected chi connectivity index (χ1v) is 27.3. The van der Waals surface area contributed by atoms with Gasteiger partial charge in [0, 0.05) is 16.7 Å². The van der Waals surface area contributed by atoms with Crippen molar-refractivity contribution in [3.8, 4) is 5.75 Å². The number of aromatic nitrogens is 4. The molecular weight excluding hydrogens is 1050 g/mol. The van der Waals surface area contributed by atoms with Crippen LogP contribution in [0.1, 0.15) is 55.5 Å². The van der Waals surface area contributed by atoms with Gasteiger partial charge in [0.05, 0.1) is 19.4 Å². The van der Waals surface area contributed by atoms with Crippen LogP contribution in [-0.4, -0.2) is 80.4 Å². The number of nitrogen functional groups attached to an aromatic ring is 1. The summed E-state index contributed by atoms with van der Waals surface area (Å²) in [5.41, 5.74) is 11.9. The number of oxime groups is 1. The molecule has 0 unspecified atom stereocenters. The lowest BCUT2D eigenvalue weighted by atomic mass is 9.77. The number of nitrogens with one attached hydrogen (secondary N) is 2. The molecule has 80 heavy (non-hydrogen) atoms. The first kappa shape index (κ1) is 52.5. The van der Waals surface area contributed by atoms with Gasteiger partial charge >= 0.3 is 17.6 Å². The molecule has 17 nitrogen and oxygen atoms in total. The lowest BCUT2D eigenvalue weighted by molar-refractivity contribution is -0.666. The molecule has 5 heterocycles. The fourth-order valence-corrected chi connectivity index (χ4v) is 12.1. The Labute approximate surface area is 468 Å². The second-order valence-corrected chi connectivity index (χ2v) is 20.6. The van der Waals surface area contributed by atoms with Crippen LogP contribution < -0.4 is 25.7 Å². The summed E-state index contributed by atoms with van der Waals surface area (Å²) in [7, 11) is 2.88. The van der Waals surface area contributed by atoms with Gasteiger partial charge in [0.2, 0.25) is 5.82 Å². The number of hydrogen-bond donors (Lipinski definition) is 3. The summed E-state index contributed by atoms with van der Waals surface area (Å²) in [6.07, 6.45) is 2.34. The molecule has 0 bridgehead atoms. The highest BCUT2D eigenvalue weighted by Gasteiger charge is 2.55. The summed E-state index contributed by atoms with van der Waals surface area (Å²) in [5, 5.41) is 16.6. The second-order valence-electron chi connectivity index (χ2n) is 18.6. The average molecular weight is 1100 g/mol. The summed E-state index contributed by atoms with van der Waals surface area (Å²) in [6, 6.07) is 56.6. The molecule has 1 saturated heterocycles. The molecular formula is C61H52N9O8S2+. The van der Waals surface area contributed by atoms with E-state index in [1.54, 1.807) is 59.8 Å². The second kappa shape index (κ2) is 23.2. The maximum atomic E-state index is 14.6. The number of nitrogens with two attached hydrogens (primary N) is 1. The number of nitrogens with zero attached hydrogens (tertiary/aromatic N) is 6. The van der Waals surface area contributed by atoms with Gasteiger partial charge in [-0.2, -0.15) is 0 Å². The number of hydrogen-bond acceptors (Lipinski definition) is 15. The molecule has 19 heteroatoms. The van der Waals surface area contributed by atoms with Crippen molar-refractivity contribution in [3.63, 3.8) is 0 Å². The molecule has 3 aromatic heterocycles. The summed E-state index contributed by atoms with van der Waals surface area (Å²) >= 11 is 2.63. The molecule has 400 valence electrons. The van der Waals surface area contributed by atoms with E-state index in [9.17, 15) is 19.2 Å². The lowest BCUT2D eigenvalue weighted by Crippen LogP contribution is -2.71. The number of amides is 2. The number of fused-ring (bicyclic) bond motifs is 2. The van der Waals surface area contributed by atoms with Crippen molar-refractivity contribution in [1.29, 1.82) is 0 Å². The van der Waals surface area contributed by atoms with Crippen molar-refractivity contribution in [2.75, 3.05) is 31.0 Å². The van der Waals surface area contributed by atoms with Gasteiger partial charge in [-0.05, 0) is 45.5 Å². The van der Waals surface area contributed by atoms with E-state index < -0.39 is 46.8 Å². The number of esters is 2. The van der Waals surface area contributed by atoms with E-state index in [2.05, 4.69) is 57.3 Å². The van der Waals surface area contributed by atoms with Crippen molar-refractivity contribution >= 4 is 69.2 Å². The van der Waals surface area contributed by atoms with Crippen molar-refractivity contribution in [2.45, 2.75) is 36.2 Å². The van der Waals surface area contributed by atoms with Gasteiger partial charge in [0.25, 0.3) is 11.8 Å². The number of benzene rings is 6. The van der Waals surface area contributed by atoms with E-state index in [0.717, 1.165) is 27.8 Å². The smallest absolute Gasteiger partial charge is 0.355 e. The van der Waals surface area contributed by atoms with E-state index in [0.29, 0.717) is 27.7 Å². The number of β-lactam (4-membered cyclic amide) rings is 1. The van der Waals surface area contributed by atoms with Crippen molar-refractivity contribution in [1.82, 2.24) is 24.8 Å². The Bertz CT molecular complexity index is 3630. The number of thioether (sulfide) groups is 1. The predicted molar refractivity (Wildman–Crippen MR) is 303 cm³/mol. The molecule has 0 spiro atoms. The molecule has 0 radical (unpaired) electrons. The van der Waals surface area contributed by atoms with Crippen LogP contribution in [0.5, 0.6) is 5.75 Å². The van der Waals surface area contributed by atoms with E-state index in [-0.39, 0.29) is 47.4 Å². The van der Waals surface area contributed by atoms with Gasteiger partial charge in [-0.15, -0.1) is 23.1 Å². The normalized spacial score (nSPS) is 15.2. The van der Waals surface area contributed by atoms with Crippen LogP contribution in [0.4, 0.5) is 10.9 Å². The summed E-state index contributed by atoms with van der Waals surface area (Å²) < 4.78 is 20.7. The number of carbonyl (C=O) groups is 4. The Morgan fingerprint density at radius 2 is 1.38 bits per heavy atom. The first-order chi connectivity index (χ1) is 39.1. The molecule has 2 aliphatic rings. The van der Waals surface area contributed by atoms with Crippen LogP contribution in [0.3, 0.4) is 0 Å². The van der Waals surface area contributed by atoms with Gasteiger partial charge in [-0.3, -0.25) is 14.5 Å². The molecule has 1 fully saturated rings. The average Bonchev–Trinajstić information content (AvgIpc) is 4.26. The zero-order valence-electron chi connectivity index (χ0n) is 43.2. The molecule has 2 atom stereocenters. The van der Waals surface area contributed by atoms with Crippen LogP contribution >= 0.6 is 23.1 Å². The number of ether oxygens (including phenoxy) is 3. The highest BCUT2D eigenvalue weighted by molar-refractivity contribution is 8.00. The van der Waals surface area contributed by atoms with Gasteiger partial charge in [0.15, 0.2) is 22.5 Å². The van der Waals surface area contributed by atoms with E-state index in [1.165, 1.54) is 39.6 Å². The van der Waals surface area contributed by atoms with E-state index in [1.807, 2.05) is 115 Å². The molecule has 9 aromatic rings. The molecule has 2 amide bonds. The Balaban J connectivity index is 0.882. The number of anilines is 2. The third-order valence-electron chi connectivity index (χ3n) is 13.8. The molecule has 11 rings (SSSR count). The molecule has 0 aliphatic carbocycles. The number of rotatable bonds is 19. The van der Waals surface area contributed by atoms with Crippen LogP contribution in [0, 0.1) is 0 Å². The Morgan fingerprint density at radius 3 is 1.95 bits per heavy atom. The van der Waals surface area contributed by atoms with Crippen LogP contribution in [0.2, 0.25) is 0 Å². The molecule has 4 N–H and O–H groups in total. The Morgan fingerprint density at radius 1 is 0.787 bits per heavy atom. The predicted octanol–water partition coefficient (Wildman–Crippen LogP) is 8.47. The van der Waals surface area contributed by atoms with Crippen molar-refractivity contribution in [2.24, 2.45) is 5.16 Å². The van der Waals surface area contributed by atoms with Crippen molar-refractivity contribution < 1.29 is 42.8 Å². The fraction of sp³-hybridized carbons (Fsp3) is 0.148. The maximum absolute atomic E-state index is 14.6. The summed E-state index contributed by atoms with van der Waals surface area (Å²) in [6.45, 7) is -0.124. The largest absolute Gasteiger partial charge is 0.497 e. The van der Waals surface area contributed by atoms with Crippen LogP contribution in [0.25, 0.3) is 5.65 Å². The zero-order valence-corrected chi connectivity index (χ0v) is 44.9. The third-order valence-corrected chi connectivity index (χ3v) is 15.9.